The molecule has 0 bridgehead atoms. The van der Waals surface area contributed by atoms with Crippen molar-refractivity contribution in [3.8, 4) is 27.9 Å². The Labute approximate surface area is 228 Å². The average molecular weight is 498 g/mol. The smallest absolute Gasteiger partial charge is 0.0541 e. The summed E-state index contributed by atoms with van der Waals surface area (Å²) in [6.07, 6.45) is 0. The molecule has 1 heterocycles. The Morgan fingerprint density at radius 2 is 1.10 bits per heavy atom. The molecular formula is C38H27N. The van der Waals surface area contributed by atoms with Gasteiger partial charge in [-0.15, -0.1) is 0 Å². The van der Waals surface area contributed by atoms with Gasteiger partial charge in [-0.05, 0) is 82.3 Å². The predicted molar refractivity (Wildman–Crippen MR) is 164 cm³/mol. The van der Waals surface area contributed by atoms with Gasteiger partial charge in [0.05, 0.1) is 11.0 Å². The van der Waals surface area contributed by atoms with Crippen molar-refractivity contribution < 1.29 is 0 Å². The molecule has 7 aromatic rings. The topological polar surface area (TPSA) is 4.93 Å². The fourth-order valence-electron chi connectivity index (χ4n) is 6.56. The maximum atomic E-state index is 2.41. The minimum atomic E-state index is 0.275. The first-order valence-corrected chi connectivity index (χ1v) is 13.6. The molecule has 0 saturated heterocycles. The Bertz CT molecular complexity index is 2010. The lowest BCUT2D eigenvalue weighted by Gasteiger charge is -2.15. The van der Waals surface area contributed by atoms with E-state index >= 15 is 0 Å². The van der Waals surface area contributed by atoms with Crippen LogP contribution < -0.4 is 0 Å². The molecule has 8 rings (SSSR count). The van der Waals surface area contributed by atoms with E-state index in [0.717, 1.165) is 0 Å². The summed E-state index contributed by atoms with van der Waals surface area (Å²) in [5, 5.41) is 2.57. The van der Waals surface area contributed by atoms with Gasteiger partial charge in [0.15, 0.2) is 0 Å². The van der Waals surface area contributed by atoms with Crippen LogP contribution in [-0.4, -0.2) is 4.57 Å². The summed E-state index contributed by atoms with van der Waals surface area (Å²) in [6, 6.07) is 51.3. The van der Waals surface area contributed by atoms with E-state index in [1.54, 1.807) is 0 Å². The third-order valence-corrected chi connectivity index (χ3v) is 8.33. The van der Waals surface area contributed by atoms with Crippen LogP contribution in [0, 0.1) is 6.92 Å². The van der Waals surface area contributed by atoms with Crippen LogP contribution in [0.2, 0.25) is 0 Å². The number of para-hydroxylation sites is 2. The highest BCUT2D eigenvalue weighted by Gasteiger charge is 2.30. The Morgan fingerprint density at radius 3 is 1.92 bits per heavy atom. The zero-order valence-corrected chi connectivity index (χ0v) is 21.8. The summed E-state index contributed by atoms with van der Waals surface area (Å²) in [5.74, 6) is 0.275. The lowest BCUT2D eigenvalue weighted by Crippen LogP contribution is -1.98. The largest absolute Gasteiger partial charge is 0.309 e. The Kier molecular flexibility index (Phi) is 4.87. The van der Waals surface area contributed by atoms with Crippen LogP contribution in [-0.2, 0) is 0 Å². The van der Waals surface area contributed by atoms with Crippen molar-refractivity contribution >= 4 is 21.8 Å². The van der Waals surface area contributed by atoms with Gasteiger partial charge < -0.3 is 4.57 Å². The van der Waals surface area contributed by atoms with Gasteiger partial charge in [0, 0.05) is 22.4 Å². The van der Waals surface area contributed by atoms with Crippen molar-refractivity contribution in [3.63, 3.8) is 0 Å². The molecule has 0 amide bonds. The summed E-state index contributed by atoms with van der Waals surface area (Å²) >= 11 is 0. The number of hydrogen-bond donors (Lipinski definition) is 0. The highest BCUT2D eigenvalue weighted by molar-refractivity contribution is 6.10. The van der Waals surface area contributed by atoms with E-state index in [1.165, 1.54) is 72.0 Å². The number of benzene rings is 6. The molecule has 1 nitrogen and oxygen atoms in total. The molecule has 1 aromatic heterocycles. The maximum absolute atomic E-state index is 2.41. The molecule has 1 aliphatic carbocycles. The summed E-state index contributed by atoms with van der Waals surface area (Å²) in [7, 11) is 0. The predicted octanol–water partition coefficient (Wildman–Crippen LogP) is 9.92. The molecule has 0 radical (unpaired) electrons. The van der Waals surface area contributed by atoms with Gasteiger partial charge in [0.25, 0.3) is 0 Å². The molecule has 184 valence electrons. The standard InChI is InChI=1S/C38H27N/c1-25-16-19-31-33(22-25)34-23-27(17-20-32(34)38(31)26-10-4-2-5-11-26)28-18-21-37-35(24-28)30-14-8-9-15-36(30)39(37)29-12-6-3-7-13-29/h2-24,38H,1H3. The molecule has 1 aliphatic rings. The van der Waals surface area contributed by atoms with Crippen molar-refractivity contribution in [3.05, 3.63) is 162 Å². The van der Waals surface area contributed by atoms with Crippen LogP contribution >= 0.6 is 0 Å². The Morgan fingerprint density at radius 1 is 0.487 bits per heavy atom. The summed E-state index contributed by atoms with van der Waals surface area (Å²) in [5.41, 5.74) is 14.3. The van der Waals surface area contributed by atoms with E-state index in [1.807, 2.05) is 0 Å². The quantitative estimate of drug-likeness (QED) is 0.229. The first kappa shape index (κ1) is 22.1. The molecule has 1 unspecified atom stereocenters. The average Bonchev–Trinajstić information content (AvgIpc) is 3.50. The van der Waals surface area contributed by atoms with Gasteiger partial charge in [-0.3, -0.25) is 0 Å². The Balaban J connectivity index is 1.32. The molecule has 39 heavy (non-hydrogen) atoms. The molecule has 0 fully saturated rings. The van der Waals surface area contributed by atoms with Crippen molar-refractivity contribution in [1.29, 1.82) is 0 Å². The minimum absolute atomic E-state index is 0.275. The molecule has 0 aliphatic heterocycles. The summed E-state index contributed by atoms with van der Waals surface area (Å²) in [4.78, 5) is 0. The van der Waals surface area contributed by atoms with Gasteiger partial charge in [-0.1, -0.05) is 109 Å². The van der Waals surface area contributed by atoms with Gasteiger partial charge >= 0.3 is 0 Å². The van der Waals surface area contributed by atoms with Crippen molar-refractivity contribution in [2.24, 2.45) is 0 Å². The van der Waals surface area contributed by atoms with Crippen molar-refractivity contribution in [2.75, 3.05) is 0 Å². The van der Waals surface area contributed by atoms with E-state index < -0.39 is 0 Å². The summed E-state index contributed by atoms with van der Waals surface area (Å²) in [6.45, 7) is 2.19. The van der Waals surface area contributed by atoms with Crippen molar-refractivity contribution in [2.45, 2.75) is 12.8 Å². The van der Waals surface area contributed by atoms with Crippen LogP contribution in [0.15, 0.2) is 140 Å². The van der Waals surface area contributed by atoms with E-state index in [2.05, 4.69) is 151 Å². The molecule has 1 heteroatoms. The molecule has 0 spiro atoms. The number of hydrogen-bond acceptors (Lipinski definition) is 0. The van der Waals surface area contributed by atoms with Crippen LogP contribution in [0.3, 0.4) is 0 Å². The van der Waals surface area contributed by atoms with E-state index in [9.17, 15) is 0 Å². The first-order chi connectivity index (χ1) is 19.3. The molecular weight excluding hydrogens is 470 g/mol. The number of aryl methyl sites for hydroxylation is 1. The number of aromatic nitrogens is 1. The lowest BCUT2D eigenvalue weighted by molar-refractivity contribution is 1.01. The lowest BCUT2D eigenvalue weighted by atomic mass is 9.88. The van der Waals surface area contributed by atoms with Gasteiger partial charge in [0.2, 0.25) is 0 Å². The zero-order valence-electron chi connectivity index (χ0n) is 21.8. The first-order valence-electron chi connectivity index (χ1n) is 13.6. The fourth-order valence-corrected chi connectivity index (χ4v) is 6.56. The molecule has 1 atom stereocenters. The van der Waals surface area contributed by atoms with Crippen LogP contribution in [0.5, 0.6) is 0 Å². The van der Waals surface area contributed by atoms with E-state index in [0.29, 0.717) is 0 Å². The van der Waals surface area contributed by atoms with Gasteiger partial charge in [-0.25, -0.2) is 0 Å². The molecule has 0 saturated carbocycles. The molecule has 0 N–H and O–H groups in total. The second-order valence-corrected chi connectivity index (χ2v) is 10.7. The SMILES string of the molecule is Cc1ccc2c(c1)-c1cc(-c3ccc4c(c3)c3ccccc3n4-c3ccccc3)ccc1C2c1ccccc1. The van der Waals surface area contributed by atoms with Crippen LogP contribution in [0.4, 0.5) is 0 Å². The van der Waals surface area contributed by atoms with E-state index in [4.69, 9.17) is 0 Å². The van der Waals surface area contributed by atoms with Crippen LogP contribution in [0.25, 0.3) is 49.7 Å². The minimum Gasteiger partial charge on any atom is -0.309 e. The summed E-state index contributed by atoms with van der Waals surface area (Å²) < 4.78 is 2.38. The number of nitrogens with zero attached hydrogens (tertiary/aromatic N) is 1. The second-order valence-electron chi connectivity index (χ2n) is 10.7. The normalized spacial score (nSPS) is 14.0. The van der Waals surface area contributed by atoms with Crippen molar-refractivity contribution in [1.82, 2.24) is 4.57 Å². The third-order valence-electron chi connectivity index (χ3n) is 8.33. The highest BCUT2D eigenvalue weighted by atomic mass is 15.0. The second kappa shape index (κ2) is 8.58. The van der Waals surface area contributed by atoms with Crippen LogP contribution in [0.1, 0.15) is 28.2 Å². The number of rotatable bonds is 3. The van der Waals surface area contributed by atoms with Gasteiger partial charge in [0.1, 0.15) is 0 Å². The van der Waals surface area contributed by atoms with Gasteiger partial charge in [-0.2, -0.15) is 0 Å². The zero-order chi connectivity index (χ0) is 25.9. The number of fused-ring (bicyclic) bond motifs is 6. The highest BCUT2D eigenvalue weighted by Crippen LogP contribution is 2.49. The monoisotopic (exact) mass is 497 g/mol. The third kappa shape index (κ3) is 3.40. The van der Waals surface area contributed by atoms with E-state index in [-0.39, 0.29) is 5.92 Å². The maximum Gasteiger partial charge on any atom is 0.0541 e. The molecule has 6 aromatic carbocycles. The Hall–Kier alpha value is -4.88. The fraction of sp³-hybridized carbons (Fsp3) is 0.0526.